The summed E-state index contributed by atoms with van der Waals surface area (Å²) in [6.45, 7) is 4.65. The molecule has 0 bridgehead atoms. The van der Waals surface area contributed by atoms with Crippen LogP contribution in [0.25, 0.3) is 10.2 Å². The molecule has 2 aliphatic rings. The van der Waals surface area contributed by atoms with E-state index in [2.05, 4.69) is 18.3 Å². The molecule has 33 heavy (non-hydrogen) atoms. The number of carbonyl (C=O) groups is 2. The number of thiophene rings is 1. The summed E-state index contributed by atoms with van der Waals surface area (Å²) >= 11 is 1.70. The Balaban J connectivity index is 1.54. The number of amides is 2. The molecule has 1 unspecified atom stereocenters. The van der Waals surface area contributed by atoms with Crippen LogP contribution < -0.4 is 5.32 Å². The van der Waals surface area contributed by atoms with Gasteiger partial charge in [0, 0.05) is 17.5 Å². The largest absolute Gasteiger partial charge is 0.351 e. The van der Waals surface area contributed by atoms with Crippen LogP contribution in [0.5, 0.6) is 0 Å². The number of fused-ring (bicyclic) bond motifs is 3. The van der Waals surface area contributed by atoms with Crippen molar-refractivity contribution in [2.24, 2.45) is 0 Å². The van der Waals surface area contributed by atoms with E-state index in [4.69, 9.17) is 0 Å². The van der Waals surface area contributed by atoms with Gasteiger partial charge in [-0.2, -0.15) is 0 Å². The molecule has 3 heterocycles. The first-order valence-corrected chi connectivity index (χ1v) is 12.7. The van der Waals surface area contributed by atoms with E-state index in [0.29, 0.717) is 12.2 Å². The molecule has 1 saturated carbocycles. The zero-order valence-corrected chi connectivity index (χ0v) is 20.0. The molecule has 0 radical (unpaired) electrons. The van der Waals surface area contributed by atoms with E-state index in [1.165, 1.54) is 23.4 Å². The summed E-state index contributed by atoms with van der Waals surface area (Å²) in [6.07, 6.45) is 6.36. The third kappa shape index (κ3) is 3.97. The van der Waals surface area contributed by atoms with Crippen LogP contribution in [0.1, 0.15) is 66.9 Å². The molecule has 0 spiro atoms. The number of hydrogen-bond donors (Lipinski definition) is 1. The highest BCUT2D eigenvalue weighted by atomic mass is 32.1. The average molecular weight is 468 g/mol. The van der Waals surface area contributed by atoms with Crippen LogP contribution >= 0.6 is 11.3 Å². The van der Waals surface area contributed by atoms with Gasteiger partial charge in [-0.15, -0.1) is 11.3 Å². The van der Waals surface area contributed by atoms with Gasteiger partial charge in [-0.05, 0) is 56.0 Å². The number of nitrogens with one attached hydrogen (secondary N) is 1. The molecule has 0 saturated heterocycles. The fraction of sp³-hybridized carbons (Fsp3) is 0.462. The maximum atomic E-state index is 13.8. The number of rotatable bonds is 5. The third-order valence-electron chi connectivity index (χ3n) is 7.20. The Morgan fingerprint density at radius 1 is 1.18 bits per heavy atom. The van der Waals surface area contributed by atoms with Gasteiger partial charge in [0.1, 0.15) is 17.1 Å². The van der Waals surface area contributed by atoms with Gasteiger partial charge in [0.15, 0.2) is 0 Å². The van der Waals surface area contributed by atoms with E-state index in [1.54, 1.807) is 28.4 Å². The molecular formula is C26H30FN3O2S. The fourth-order valence-corrected chi connectivity index (χ4v) is 6.21. The number of benzene rings is 1. The van der Waals surface area contributed by atoms with Crippen molar-refractivity contribution in [3.63, 3.8) is 0 Å². The summed E-state index contributed by atoms with van der Waals surface area (Å²) in [5.41, 5.74) is 1.40. The molecule has 1 aliphatic heterocycles. The van der Waals surface area contributed by atoms with Crippen molar-refractivity contribution in [3.05, 3.63) is 58.3 Å². The molecule has 3 aromatic rings. The van der Waals surface area contributed by atoms with Gasteiger partial charge in [-0.1, -0.05) is 38.3 Å². The number of aryl methyl sites for hydroxylation is 1. The Kier molecular flexibility index (Phi) is 5.77. The first-order valence-electron chi connectivity index (χ1n) is 11.9. The fourth-order valence-electron chi connectivity index (χ4n) is 5.17. The summed E-state index contributed by atoms with van der Waals surface area (Å²) in [6, 6.07) is 10.4. The van der Waals surface area contributed by atoms with E-state index in [9.17, 15) is 14.0 Å². The maximum Gasteiger partial charge on any atom is 0.271 e. The SMILES string of the molecule is CCc1cc2c(cc3n2CC(C)(C(=O)NC2CCCCC2)N(Cc2ccc(F)cc2)C3=O)s1. The van der Waals surface area contributed by atoms with Gasteiger partial charge >= 0.3 is 0 Å². The van der Waals surface area contributed by atoms with E-state index in [1.807, 2.05) is 17.6 Å². The van der Waals surface area contributed by atoms with Crippen molar-refractivity contribution in [3.8, 4) is 0 Å². The van der Waals surface area contributed by atoms with Gasteiger partial charge in [-0.25, -0.2) is 4.39 Å². The lowest BCUT2D eigenvalue weighted by atomic mass is 9.91. The molecule has 1 aliphatic carbocycles. The number of hydrogen-bond acceptors (Lipinski definition) is 3. The van der Waals surface area contributed by atoms with Crippen molar-refractivity contribution in [1.82, 2.24) is 14.8 Å². The lowest BCUT2D eigenvalue weighted by Crippen LogP contribution is -2.64. The Labute approximate surface area is 197 Å². The van der Waals surface area contributed by atoms with Crippen molar-refractivity contribution >= 4 is 33.4 Å². The summed E-state index contributed by atoms with van der Waals surface area (Å²) in [5, 5.41) is 3.26. The molecule has 174 valence electrons. The third-order valence-corrected chi connectivity index (χ3v) is 8.41. The van der Waals surface area contributed by atoms with Crippen LogP contribution in [-0.4, -0.2) is 32.9 Å². The molecule has 5 nitrogen and oxygen atoms in total. The van der Waals surface area contributed by atoms with E-state index < -0.39 is 5.54 Å². The molecule has 2 amide bonds. The van der Waals surface area contributed by atoms with Gasteiger partial charge in [0.25, 0.3) is 5.91 Å². The Hall–Kier alpha value is -2.67. The lowest BCUT2D eigenvalue weighted by molar-refractivity contribution is -0.134. The highest BCUT2D eigenvalue weighted by Gasteiger charge is 2.48. The Morgan fingerprint density at radius 2 is 1.91 bits per heavy atom. The second kappa shape index (κ2) is 8.60. The molecule has 1 N–H and O–H groups in total. The normalized spacial score (nSPS) is 21.4. The smallest absolute Gasteiger partial charge is 0.271 e. The number of carbonyl (C=O) groups excluding carboxylic acids is 2. The molecule has 1 fully saturated rings. The first-order chi connectivity index (χ1) is 15.9. The molecule has 5 rings (SSSR count). The van der Waals surface area contributed by atoms with Gasteiger partial charge in [0.05, 0.1) is 16.8 Å². The van der Waals surface area contributed by atoms with Crippen molar-refractivity contribution in [2.45, 2.75) is 77.0 Å². The van der Waals surface area contributed by atoms with Crippen LogP contribution in [0, 0.1) is 5.82 Å². The van der Waals surface area contributed by atoms with Crippen LogP contribution in [0.4, 0.5) is 4.39 Å². The summed E-state index contributed by atoms with van der Waals surface area (Å²) in [5.74, 6) is -0.584. The van der Waals surface area contributed by atoms with Crippen LogP contribution in [0.15, 0.2) is 36.4 Å². The summed E-state index contributed by atoms with van der Waals surface area (Å²) in [7, 11) is 0. The van der Waals surface area contributed by atoms with Gasteiger partial charge in [-0.3, -0.25) is 9.59 Å². The van der Waals surface area contributed by atoms with E-state index in [-0.39, 0.29) is 30.2 Å². The highest BCUT2D eigenvalue weighted by molar-refractivity contribution is 7.19. The van der Waals surface area contributed by atoms with Crippen molar-refractivity contribution < 1.29 is 14.0 Å². The number of nitrogens with zero attached hydrogens (tertiary/aromatic N) is 2. The van der Waals surface area contributed by atoms with Gasteiger partial charge in [0.2, 0.25) is 5.91 Å². The predicted octanol–water partition coefficient (Wildman–Crippen LogP) is 5.27. The van der Waals surface area contributed by atoms with Crippen LogP contribution in [0.2, 0.25) is 0 Å². The van der Waals surface area contributed by atoms with Gasteiger partial charge < -0.3 is 14.8 Å². The minimum absolute atomic E-state index is 0.108. The molecule has 1 aromatic carbocycles. The summed E-state index contributed by atoms with van der Waals surface area (Å²) < 4.78 is 16.6. The monoisotopic (exact) mass is 467 g/mol. The molecule has 1 atom stereocenters. The number of aromatic nitrogens is 1. The average Bonchev–Trinajstić information content (AvgIpc) is 3.37. The Morgan fingerprint density at radius 3 is 2.61 bits per heavy atom. The second-order valence-corrected chi connectivity index (χ2v) is 10.7. The molecule has 2 aromatic heterocycles. The second-order valence-electron chi connectivity index (χ2n) is 9.53. The zero-order valence-electron chi connectivity index (χ0n) is 19.2. The van der Waals surface area contributed by atoms with Crippen LogP contribution in [0.3, 0.4) is 0 Å². The van der Waals surface area contributed by atoms with Crippen molar-refractivity contribution in [1.29, 1.82) is 0 Å². The predicted molar refractivity (Wildman–Crippen MR) is 129 cm³/mol. The minimum atomic E-state index is -1.05. The lowest BCUT2D eigenvalue weighted by Gasteiger charge is -2.45. The molecule has 7 heteroatoms. The standard InChI is InChI=1S/C26H30FN3O2S/c1-3-20-13-21-23(33-20)14-22-24(31)30(15-17-9-11-18(27)12-10-17)26(2,16-29(21)22)25(32)28-19-7-5-4-6-8-19/h9-14,19H,3-8,15-16H2,1-2H3,(H,28,32). The maximum absolute atomic E-state index is 13.8. The summed E-state index contributed by atoms with van der Waals surface area (Å²) in [4.78, 5) is 30.5. The minimum Gasteiger partial charge on any atom is -0.351 e. The topological polar surface area (TPSA) is 54.3 Å². The van der Waals surface area contributed by atoms with E-state index in [0.717, 1.165) is 47.9 Å². The van der Waals surface area contributed by atoms with E-state index >= 15 is 0 Å². The number of halogens is 1. The Bertz CT molecular complexity index is 1190. The van der Waals surface area contributed by atoms with Crippen LogP contribution in [-0.2, 0) is 24.3 Å². The zero-order chi connectivity index (χ0) is 23.2. The molecular weight excluding hydrogens is 437 g/mol. The highest BCUT2D eigenvalue weighted by Crippen LogP contribution is 2.37. The first kappa shape index (κ1) is 22.1. The van der Waals surface area contributed by atoms with Crippen molar-refractivity contribution in [2.75, 3.05) is 0 Å². The quantitative estimate of drug-likeness (QED) is 0.556.